The zero-order valence-electron chi connectivity index (χ0n) is 21.4. The molecule has 5 rings (SSSR count). The number of halogens is 3. The first kappa shape index (κ1) is 26.2. The Morgan fingerprint density at radius 1 is 0.974 bits per heavy atom. The molecule has 2 saturated heterocycles. The molecule has 2 fully saturated rings. The highest BCUT2D eigenvalue weighted by Crippen LogP contribution is 2.32. The largest absolute Gasteiger partial charge is 0.492 e. The number of alkyl halides is 3. The first-order valence-corrected chi connectivity index (χ1v) is 13.0. The molecule has 2 aromatic heterocycles. The van der Waals surface area contributed by atoms with Crippen LogP contribution in [0.25, 0.3) is 5.65 Å². The molecule has 0 aliphatic carbocycles. The first-order chi connectivity index (χ1) is 18.3. The maximum atomic E-state index is 13.2. The maximum Gasteiger partial charge on any atom is 0.453 e. The van der Waals surface area contributed by atoms with Gasteiger partial charge in [0.05, 0.1) is 0 Å². The van der Waals surface area contributed by atoms with Crippen LogP contribution in [0.5, 0.6) is 5.75 Å². The van der Waals surface area contributed by atoms with Gasteiger partial charge in [0.15, 0.2) is 5.65 Å². The molecular weight excluding hydrogens is 499 g/mol. The Labute approximate surface area is 219 Å². The van der Waals surface area contributed by atoms with Crippen LogP contribution in [0.4, 0.5) is 19.0 Å². The number of rotatable bonds is 6. The third-order valence-corrected chi connectivity index (χ3v) is 7.38. The van der Waals surface area contributed by atoms with E-state index in [1.54, 1.807) is 13.0 Å². The van der Waals surface area contributed by atoms with Crippen molar-refractivity contribution in [2.24, 2.45) is 0 Å². The fourth-order valence-electron chi connectivity index (χ4n) is 5.20. The van der Waals surface area contributed by atoms with Crippen molar-refractivity contribution in [1.29, 1.82) is 0 Å². The highest BCUT2D eigenvalue weighted by Gasteiger charge is 2.38. The lowest BCUT2D eigenvalue weighted by molar-refractivity contribution is -0.146. The van der Waals surface area contributed by atoms with Crippen LogP contribution in [0.2, 0.25) is 0 Å². The number of carbonyl (C=O) groups excluding carboxylic acids is 1. The van der Waals surface area contributed by atoms with Gasteiger partial charge in [0.1, 0.15) is 18.2 Å². The summed E-state index contributed by atoms with van der Waals surface area (Å²) in [5, 5.41) is 11.0. The number of ether oxygens (including phenoxy) is 1. The molecule has 0 bridgehead atoms. The molecule has 3 aromatic rings. The molecule has 0 spiro atoms. The van der Waals surface area contributed by atoms with E-state index in [2.05, 4.69) is 32.3 Å². The Morgan fingerprint density at radius 2 is 1.74 bits per heavy atom. The number of carbonyl (C=O) groups is 1. The Balaban J connectivity index is 1.10. The Kier molecular flexibility index (Phi) is 7.68. The number of aromatic nitrogens is 4. The van der Waals surface area contributed by atoms with Crippen LogP contribution in [-0.2, 0) is 11.0 Å². The maximum absolute atomic E-state index is 13.2. The lowest BCUT2D eigenvalue weighted by atomic mass is 9.89. The second-order valence-corrected chi connectivity index (χ2v) is 9.86. The van der Waals surface area contributed by atoms with Gasteiger partial charge in [-0.3, -0.25) is 9.69 Å². The van der Waals surface area contributed by atoms with Gasteiger partial charge in [0.25, 0.3) is 5.82 Å². The van der Waals surface area contributed by atoms with E-state index < -0.39 is 12.0 Å². The monoisotopic (exact) mass is 531 g/mol. The molecule has 4 heterocycles. The number of fused-ring (bicyclic) bond motifs is 1. The van der Waals surface area contributed by atoms with E-state index in [1.807, 2.05) is 21.9 Å². The lowest BCUT2D eigenvalue weighted by Gasteiger charge is -2.33. The predicted molar refractivity (Wildman–Crippen MR) is 135 cm³/mol. The van der Waals surface area contributed by atoms with Crippen LogP contribution in [0.3, 0.4) is 0 Å². The molecule has 12 heteroatoms. The Morgan fingerprint density at radius 3 is 2.45 bits per heavy atom. The SMILES string of the molecule is CC(=O)N1CCCN(CCOc2ccc(C3CCN(c4ccc5nnc(C(F)(F)F)n5n4)CC3)cc2)CC1. The summed E-state index contributed by atoms with van der Waals surface area (Å²) in [6, 6.07) is 11.4. The minimum absolute atomic E-state index is 0.0734. The summed E-state index contributed by atoms with van der Waals surface area (Å²) in [6.07, 6.45) is -1.88. The van der Waals surface area contributed by atoms with Crippen molar-refractivity contribution in [3.05, 3.63) is 47.8 Å². The van der Waals surface area contributed by atoms with Gasteiger partial charge >= 0.3 is 6.18 Å². The predicted octanol–water partition coefficient (Wildman–Crippen LogP) is 3.46. The van der Waals surface area contributed by atoms with Gasteiger partial charge < -0.3 is 14.5 Å². The van der Waals surface area contributed by atoms with E-state index in [0.29, 0.717) is 31.4 Å². The van der Waals surface area contributed by atoms with E-state index in [0.717, 1.165) is 62.3 Å². The Hall–Kier alpha value is -3.41. The summed E-state index contributed by atoms with van der Waals surface area (Å²) in [4.78, 5) is 17.8. The smallest absolute Gasteiger partial charge is 0.453 e. The molecule has 0 N–H and O–H groups in total. The molecule has 0 unspecified atom stereocenters. The van der Waals surface area contributed by atoms with Crippen molar-refractivity contribution >= 4 is 17.4 Å². The molecule has 2 aliphatic heterocycles. The van der Waals surface area contributed by atoms with Gasteiger partial charge in [-0.15, -0.1) is 15.3 Å². The van der Waals surface area contributed by atoms with Crippen molar-refractivity contribution in [2.75, 3.05) is 57.3 Å². The van der Waals surface area contributed by atoms with Gasteiger partial charge in [-0.2, -0.15) is 17.7 Å². The minimum atomic E-state index is -4.61. The first-order valence-electron chi connectivity index (χ1n) is 13.0. The number of piperidine rings is 1. The number of benzene rings is 1. The van der Waals surface area contributed by atoms with Crippen LogP contribution in [-0.4, -0.2) is 87.9 Å². The van der Waals surface area contributed by atoms with E-state index in [-0.39, 0.29) is 11.6 Å². The third kappa shape index (κ3) is 6.01. The molecule has 0 atom stereocenters. The number of amides is 1. The summed E-state index contributed by atoms with van der Waals surface area (Å²) in [5.74, 6) is 0.712. The van der Waals surface area contributed by atoms with Gasteiger partial charge in [0.2, 0.25) is 5.91 Å². The van der Waals surface area contributed by atoms with Crippen molar-refractivity contribution in [1.82, 2.24) is 29.6 Å². The summed E-state index contributed by atoms with van der Waals surface area (Å²) in [7, 11) is 0. The summed E-state index contributed by atoms with van der Waals surface area (Å²) < 4.78 is 46.3. The zero-order chi connectivity index (χ0) is 26.7. The quantitative estimate of drug-likeness (QED) is 0.482. The third-order valence-electron chi connectivity index (χ3n) is 7.38. The molecule has 1 amide bonds. The summed E-state index contributed by atoms with van der Waals surface area (Å²) >= 11 is 0. The topological polar surface area (TPSA) is 79.1 Å². The highest BCUT2D eigenvalue weighted by molar-refractivity contribution is 5.73. The van der Waals surface area contributed by atoms with E-state index in [1.165, 1.54) is 11.6 Å². The number of anilines is 1. The van der Waals surface area contributed by atoms with Crippen molar-refractivity contribution < 1.29 is 22.7 Å². The number of nitrogens with zero attached hydrogens (tertiary/aromatic N) is 7. The van der Waals surface area contributed by atoms with Crippen molar-refractivity contribution in [3.8, 4) is 5.75 Å². The van der Waals surface area contributed by atoms with E-state index >= 15 is 0 Å². The lowest BCUT2D eigenvalue weighted by Crippen LogP contribution is -2.35. The van der Waals surface area contributed by atoms with Gasteiger partial charge in [-0.1, -0.05) is 12.1 Å². The van der Waals surface area contributed by atoms with Gasteiger partial charge in [0, 0.05) is 52.7 Å². The average Bonchev–Trinajstić information content (AvgIpc) is 3.20. The second kappa shape index (κ2) is 11.1. The normalized spacial score (nSPS) is 18.1. The fourth-order valence-corrected chi connectivity index (χ4v) is 5.20. The highest BCUT2D eigenvalue weighted by atomic mass is 19.4. The zero-order valence-corrected chi connectivity index (χ0v) is 21.4. The van der Waals surface area contributed by atoms with Crippen molar-refractivity contribution in [2.45, 2.75) is 38.3 Å². The van der Waals surface area contributed by atoms with Crippen LogP contribution in [0, 0.1) is 0 Å². The van der Waals surface area contributed by atoms with E-state index in [4.69, 9.17) is 4.74 Å². The number of hydrogen-bond donors (Lipinski definition) is 0. The standard InChI is InChI=1S/C26H32F3N7O2/c1-19(37)34-12-2-11-33(15-16-34)17-18-38-22-5-3-20(4-6-22)21-9-13-35(14-10-21)24-8-7-23-30-31-25(26(27,28)29)36(23)32-24/h3-8,21H,2,9-18H2,1H3. The van der Waals surface area contributed by atoms with Crippen LogP contribution < -0.4 is 9.64 Å². The van der Waals surface area contributed by atoms with Crippen molar-refractivity contribution in [3.63, 3.8) is 0 Å². The minimum Gasteiger partial charge on any atom is -0.492 e. The molecule has 38 heavy (non-hydrogen) atoms. The molecule has 1 aromatic carbocycles. The Bertz CT molecular complexity index is 1240. The summed E-state index contributed by atoms with van der Waals surface area (Å²) in [6.45, 7) is 7.86. The van der Waals surface area contributed by atoms with Crippen LogP contribution in [0.1, 0.15) is 43.5 Å². The molecule has 0 saturated carbocycles. The average molecular weight is 532 g/mol. The van der Waals surface area contributed by atoms with Crippen LogP contribution >= 0.6 is 0 Å². The molecule has 204 valence electrons. The van der Waals surface area contributed by atoms with Gasteiger partial charge in [-0.05, 0) is 55.0 Å². The molecule has 9 nitrogen and oxygen atoms in total. The summed E-state index contributed by atoms with van der Waals surface area (Å²) in [5.41, 5.74) is 1.31. The molecular formula is C26H32F3N7O2. The molecule has 2 aliphatic rings. The van der Waals surface area contributed by atoms with Crippen LogP contribution in [0.15, 0.2) is 36.4 Å². The molecule has 0 radical (unpaired) electrons. The van der Waals surface area contributed by atoms with Gasteiger partial charge in [-0.25, -0.2) is 0 Å². The fraction of sp³-hybridized carbons (Fsp3) is 0.538. The second-order valence-electron chi connectivity index (χ2n) is 9.86. The number of hydrogen-bond acceptors (Lipinski definition) is 7. The van der Waals surface area contributed by atoms with E-state index in [9.17, 15) is 18.0 Å².